The average Bonchev–Trinajstić information content (AvgIpc) is 1.65. The molecule has 143 heavy (non-hydrogen) atoms. The molecule has 18 rings (SSSR count). The van der Waals surface area contributed by atoms with Gasteiger partial charge in [-0.25, -0.2) is 0 Å². The lowest BCUT2D eigenvalue weighted by Gasteiger charge is -2.29. The van der Waals surface area contributed by atoms with E-state index in [1.165, 1.54) is 104 Å². The number of nitrogens with one attached hydrogen (secondary N) is 5. The summed E-state index contributed by atoms with van der Waals surface area (Å²) in [5.41, 5.74) is 15.1. The van der Waals surface area contributed by atoms with Gasteiger partial charge >= 0.3 is 0 Å². The molecular formula is C104H124Cl8N10O17S4. The van der Waals surface area contributed by atoms with Crippen molar-refractivity contribution in [3.63, 3.8) is 0 Å². The van der Waals surface area contributed by atoms with Crippen molar-refractivity contribution in [3.8, 4) is 6.07 Å². The van der Waals surface area contributed by atoms with Crippen LogP contribution in [0.25, 0.3) is 0 Å². The molecule has 4 aromatic heterocycles. The number of ether oxygens (including phenoxy) is 5. The Labute approximate surface area is 892 Å². The summed E-state index contributed by atoms with van der Waals surface area (Å²) in [4.78, 5) is 130. The zero-order chi connectivity index (χ0) is 103. The lowest BCUT2D eigenvalue weighted by atomic mass is 9.97. The second kappa shape index (κ2) is 64.4. The maximum Gasteiger partial charge on any atom is 0.239 e. The molecule has 0 aliphatic carbocycles. The number of alkyl halides is 2. The monoisotopic (exact) mass is 2190 g/mol. The van der Waals surface area contributed by atoms with Crippen molar-refractivity contribution in [1.82, 2.24) is 25.3 Å². The van der Waals surface area contributed by atoms with Crippen molar-refractivity contribution >= 4 is 216 Å². The molecule has 0 radical (unpaired) electrons. The summed E-state index contributed by atoms with van der Waals surface area (Å²) in [6, 6.07) is 35.6. The topological polar surface area (TPSA) is 377 Å². The minimum absolute atomic E-state index is 0.0337. The lowest BCUT2D eigenvalue weighted by Crippen LogP contribution is -2.42. The Bertz CT molecular complexity index is 5620. The number of aliphatic hydroxyl groups is 2. The van der Waals surface area contributed by atoms with Crippen LogP contribution in [-0.4, -0.2) is 231 Å². The zero-order valence-electron chi connectivity index (χ0n) is 80.4. The molecule has 13 heterocycles. The van der Waals surface area contributed by atoms with Gasteiger partial charge in [-0.05, 0) is 291 Å². The Morgan fingerprint density at radius 2 is 0.769 bits per heavy atom. The Hall–Kier alpha value is -7.87. The highest BCUT2D eigenvalue weighted by Gasteiger charge is 2.33. The second-order valence-corrected chi connectivity index (χ2v) is 41.5. The van der Waals surface area contributed by atoms with E-state index in [1.807, 2.05) is 4.90 Å². The van der Waals surface area contributed by atoms with Crippen LogP contribution >= 0.6 is 138 Å². The molecule has 5 fully saturated rings. The highest BCUT2D eigenvalue weighted by atomic mass is 35.5. The van der Waals surface area contributed by atoms with Crippen LogP contribution in [0.1, 0.15) is 220 Å². The second-order valence-electron chi connectivity index (χ2n) is 33.9. The van der Waals surface area contributed by atoms with Crippen LogP contribution in [0.2, 0.25) is 25.1 Å². The minimum Gasteiger partial charge on any atom is -0.392 e. The number of nitrogens with zero attached hydrogens (tertiary/aromatic N) is 4. The number of benzene rings is 5. The van der Waals surface area contributed by atoms with Crippen LogP contribution < -0.4 is 32.3 Å². The summed E-state index contributed by atoms with van der Waals surface area (Å²) < 4.78 is 26.8. The number of ketones is 6. The third kappa shape index (κ3) is 39.6. The summed E-state index contributed by atoms with van der Waals surface area (Å²) in [6.45, 7) is 23.8. The van der Waals surface area contributed by atoms with E-state index in [4.69, 9.17) is 133 Å². The van der Waals surface area contributed by atoms with Gasteiger partial charge < -0.3 is 71.1 Å². The van der Waals surface area contributed by atoms with E-state index in [-0.39, 0.29) is 83.6 Å². The first-order valence-electron chi connectivity index (χ1n) is 47.8. The first-order valence-corrected chi connectivity index (χ1v) is 54.4. The number of nitriles is 1. The van der Waals surface area contributed by atoms with Gasteiger partial charge in [-0.15, -0.1) is 68.5 Å². The predicted molar refractivity (Wildman–Crippen MR) is 574 cm³/mol. The van der Waals surface area contributed by atoms with Crippen LogP contribution in [0.15, 0.2) is 121 Å². The summed E-state index contributed by atoms with van der Waals surface area (Å²) >= 11 is 50.0. The number of rotatable bonds is 22. The normalized spacial score (nSPS) is 16.6. The number of nitrogen functional groups attached to an aromatic ring is 1. The smallest absolute Gasteiger partial charge is 0.239 e. The van der Waals surface area contributed by atoms with E-state index < -0.39 is 5.24 Å². The van der Waals surface area contributed by atoms with Gasteiger partial charge in [0.1, 0.15) is 26.7 Å². The van der Waals surface area contributed by atoms with Gasteiger partial charge in [-0.2, -0.15) is 5.26 Å². The number of fused-ring (bicyclic) bond motifs is 4. The molecule has 0 saturated carbocycles. The maximum atomic E-state index is 13.3. The molecule has 39 heteroatoms. The van der Waals surface area contributed by atoms with Gasteiger partial charge in [0.25, 0.3) is 0 Å². The number of nitrogens with two attached hydrogens (primary N) is 1. The largest absolute Gasteiger partial charge is 0.392 e. The number of likely N-dealkylation sites (tertiary alicyclic amines) is 2. The van der Waals surface area contributed by atoms with E-state index in [9.17, 15) is 53.1 Å². The Morgan fingerprint density at radius 1 is 0.434 bits per heavy atom. The third-order valence-electron chi connectivity index (χ3n) is 23.6. The standard InChI is InChI=1S/C21H23ClN2O4S.C21H23ClN2O3S.C16H13Cl2NO3S.C14H12ClNO2S.C9H6ClNO.C6H15N.C5H11NO.C5H11N.C5H8O2.C2H2Cl2O/c22-14-5-3-13(4-6-14)20(27)19-16-7-9-28-12-17(16)29-21(19)23-18(26)11-24-8-1-2-15(25)10-24;22-15-6-4-14(5-7-15)20(26)19-16-8-11-27-13-17(16)28-21(19)23-18(25)12-24-9-2-1-3-10-24;17-7-13(20)19-16-14(11-5-6-22-8-12(11)23-16)15(21)9-1-3-10(18)4-2-9;15-9-3-1-8(2-4-9)13(17)12-10-5-6-18-7-11(10)19-14(12)16;10-8-3-1-7(2-4-8)9(12)5-6-11;1-4-7(5-2)6-3;7-5-2-1-3-6-4-5;1-2-4-6-5-3-1;6-5-1-3-7-4-2-5;3-1-2(4)5/h3-6,15,25H,1-2,7-12H2,(H,23,26);4-7H,1-3,8-13H2,(H,23,25);1-4H,5-8H2,(H,19,20);1-4H,5-7,16H2;1-4H,5H2;4-6H2,1-3H3;5-7H,1-4H2;6H,1-5H2;1-4H2;1H2. The molecule has 0 bridgehead atoms. The Kier molecular flexibility index (Phi) is 53.4. The molecule has 27 nitrogen and oxygen atoms in total. The summed E-state index contributed by atoms with van der Waals surface area (Å²) in [7, 11) is 0. The van der Waals surface area contributed by atoms with E-state index >= 15 is 0 Å². The molecule has 5 saturated heterocycles. The number of carbonyl (C=O) groups is 10. The molecule has 772 valence electrons. The van der Waals surface area contributed by atoms with Crippen molar-refractivity contribution in [2.75, 3.05) is 158 Å². The van der Waals surface area contributed by atoms with Crippen LogP contribution in [0.5, 0.6) is 0 Å². The molecule has 5 aromatic carbocycles. The maximum absolute atomic E-state index is 13.3. The van der Waals surface area contributed by atoms with Crippen molar-refractivity contribution in [3.05, 3.63) is 238 Å². The summed E-state index contributed by atoms with van der Waals surface area (Å²) in [5.74, 6) is -1.03. The number of anilines is 4. The van der Waals surface area contributed by atoms with Gasteiger partial charge in [0.15, 0.2) is 28.9 Å². The zero-order valence-corrected chi connectivity index (χ0v) is 89.8. The van der Waals surface area contributed by atoms with Gasteiger partial charge in [0, 0.05) is 98.4 Å². The summed E-state index contributed by atoms with van der Waals surface area (Å²) in [6.07, 6.45) is 14.9. The first kappa shape index (κ1) is 119. The van der Waals surface area contributed by atoms with E-state index in [0.717, 1.165) is 119 Å². The number of amides is 3. The fraction of sp³-hybridized carbons (Fsp3) is 0.452. The fourth-order valence-electron chi connectivity index (χ4n) is 16.1. The molecule has 9 aromatic rings. The number of hydrogen-bond acceptors (Lipinski definition) is 28. The van der Waals surface area contributed by atoms with E-state index in [2.05, 4.69) is 57.2 Å². The van der Waals surface area contributed by atoms with Gasteiger partial charge in [0.2, 0.25) is 23.0 Å². The quantitative estimate of drug-likeness (QED) is 0.0177. The number of thiophene rings is 4. The Balaban J connectivity index is 0.000000187. The number of Topliss-reactive ketones (excluding diaryl/α,β-unsaturated/α-hetero) is 2. The molecule has 3 amide bonds. The first-order chi connectivity index (χ1) is 69.0. The van der Waals surface area contributed by atoms with E-state index in [1.54, 1.807) is 127 Å². The number of β-amino-alcohol motifs (C(OH)–C–C–N with tert-alkyl or cyclic N) is 2. The van der Waals surface area contributed by atoms with Crippen LogP contribution in [0, 0.1) is 11.3 Å². The SMILES string of the molecule is C1CCNCC1.CCN(CC)CC.N#CCC(=O)c1ccc(Cl)cc1.Nc1sc2c(c1C(=O)c1ccc(Cl)cc1)CCOC2.O=C(CCl)Nc1sc2c(c1C(=O)c1ccc(Cl)cc1)CCOC2.O=C(CN1CCCC(O)C1)Nc1sc2c(c1C(=O)c1ccc(Cl)cc1)CCOC2.O=C(CN1CCCCC1)Nc1sc2c(c1C(=O)c1ccc(Cl)cc1)CCOC2.O=C(Cl)CCl.O=C1CCOCC1.OC1CCCNC1. The molecule has 2 unspecified atom stereocenters. The Morgan fingerprint density at radius 3 is 1.08 bits per heavy atom. The van der Waals surface area contributed by atoms with Gasteiger partial charge in [-0.1, -0.05) is 91.6 Å². The van der Waals surface area contributed by atoms with Crippen LogP contribution in [-0.2, 0) is 99.8 Å². The number of hydrogen-bond donors (Lipinski definition) is 8. The number of aliphatic hydroxyl groups excluding tert-OH is 2. The number of carbonyl (C=O) groups excluding carboxylic acids is 10. The third-order valence-corrected chi connectivity index (χ3v) is 30.0. The van der Waals surface area contributed by atoms with Gasteiger partial charge in [0.05, 0.1) is 137 Å². The van der Waals surface area contributed by atoms with Crippen LogP contribution in [0.3, 0.4) is 0 Å². The van der Waals surface area contributed by atoms with Crippen molar-refractivity contribution in [2.45, 2.75) is 169 Å². The molecule has 9 aliphatic rings. The lowest BCUT2D eigenvalue weighted by molar-refractivity contribution is -0.124. The van der Waals surface area contributed by atoms with Crippen molar-refractivity contribution < 1.29 is 81.8 Å². The van der Waals surface area contributed by atoms with Crippen LogP contribution in [0.4, 0.5) is 20.0 Å². The fourth-order valence-corrected chi connectivity index (χ4v) is 21.4. The van der Waals surface area contributed by atoms with E-state index in [0.29, 0.717) is 212 Å². The highest BCUT2D eigenvalue weighted by Crippen LogP contribution is 2.43. The number of halogens is 8. The molecule has 0 spiro atoms. The number of piperidine rings is 4. The molecule has 9 N–H and O–H groups in total. The summed E-state index contributed by atoms with van der Waals surface area (Å²) in [5, 5.41) is 46.7. The predicted octanol–water partition coefficient (Wildman–Crippen LogP) is 20.0. The van der Waals surface area contributed by atoms with Crippen molar-refractivity contribution in [1.29, 1.82) is 5.26 Å². The van der Waals surface area contributed by atoms with Gasteiger partial charge in [-0.3, -0.25) is 57.7 Å². The highest BCUT2D eigenvalue weighted by molar-refractivity contribution is 7.18. The molecule has 2 atom stereocenters. The minimum atomic E-state index is -0.508. The molecular weight excluding hydrogens is 2070 g/mol. The van der Waals surface area contributed by atoms with Crippen molar-refractivity contribution in [2.24, 2.45) is 0 Å². The molecule has 9 aliphatic heterocycles. The average molecular weight is 2200 g/mol.